The zero-order valence-electron chi connectivity index (χ0n) is 17.0. The molecule has 4 rings (SSSR count). The maximum absolute atomic E-state index is 13.7. The van der Waals surface area contributed by atoms with Gasteiger partial charge < -0.3 is 9.80 Å². The molecule has 1 aliphatic rings. The van der Waals surface area contributed by atoms with Gasteiger partial charge in [-0.25, -0.2) is 9.07 Å². The van der Waals surface area contributed by atoms with Crippen molar-refractivity contribution in [1.29, 1.82) is 0 Å². The van der Waals surface area contributed by atoms with Gasteiger partial charge >= 0.3 is 0 Å². The van der Waals surface area contributed by atoms with Gasteiger partial charge in [-0.3, -0.25) is 4.79 Å². The van der Waals surface area contributed by atoms with E-state index in [0.29, 0.717) is 24.5 Å². The van der Waals surface area contributed by atoms with E-state index in [1.807, 2.05) is 11.8 Å². The van der Waals surface area contributed by atoms with Crippen molar-refractivity contribution in [2.45, 2.75) is 20.8 Å². The zero-order valence-corrected chi connectivity index (χ0v) is 17.0. The second-order valence-corrected chi connectivity index (χ2v) is 7.63. The number of piperazine rings is 1. The number of anilines is 1. The van der Waals surface area contributed by atoms with Crippen LogP contribution in [0, 0.1) is 26.6 Å². The van der Waals surface area contributed by atoms with E-state index in [0.717, 1.165) is 18.8 Å². The molecule has 6 heteroatoms. The van der Waals surface area contributed by atoms with Gasteiger partial charge in [0, 0.05) is 31.9 Å². The van der Waals surface area contributed by atoms with Gasteiger partial charge in [0.25, 0.3) is 5.91 Å². The highest BCUT2D eigenvalue weighted by molar-refractivity contribution is 5.93. The number of amides is 1. The van der Waals surface area contributed by atoms with Crippen molar-refractivity contribution in [3.63, 3.8) is 0 Å². The minimum absolute atomic E-state index is 0.0739. The number of carbonyl (C=O) groups is 1. The topological polar surface area (TPSA) is 41.4 Å². The molecule has 0 radical (unpaired) electrons. The van der Waals surface area contributed by atoms with E-state index in [-0.39, 0.29) is 11.7 Å². The van der Waals surface area contributed by atoms with Crippen LogP contribution in [-0.2, 0) is 0 Å². The predicted molar refractivity (Wildman–Crippen MR) is 112 cm³/mol. The molecule has 0 unspecified atom stereocenters. The summed E-state index contributed by atoms with van der Waals surface area (Å²) in [5.74, 6) is -0.425. The van der Waals surface area contributed by atoms with Gasteiger partial charge in [-0.2, -0.15) is 5.10 Å². The molecule has 3 aromatic rings. The van der Waals surface area contributed by atoms with Crippen LogP contribution >= 0.6 is 0 Å². The van der Waals surface area contributed by atoms with Gasteiger partial charge in [0.05, 0.1) is 11.4 Å². The summed E-state index contributed by atoms with van der Waals surface area (Å²) < 4.78 is 15.2. The van der Waals surface area contributed by atoms with E-state index in [1.54, 1.807) is 18.2 Å². The fourth-order valence-electron chi connectivity index (χ4n) is 3.93. The maximum Gasteiger partial charge on any atom is 0.272 e. The van der Waals surface area contributed by atoms with Crippen LogP contribution in [0.15, 0.2) is 48.5 Å². The van der Waals surface area contributed by atoms with Gasteiger partial charge in [-0.15, -0.1) is 0 Å². The highest BCUT2D eigenvalue weighted by atomic mass is 19.1. The van der Waals surface area contributed by atoms with Crippen LogP contribution in [0.4, 0.5) is 10.1 Å². The Balaban J connectivity index is 1.52. The predicted octanol–water partition coefficient (Wildman–Crippen LogP) is 3.90. The fourth-order valence-corrected chi connectivity index (χ4v) is 3.93. The number of aryl methyl sites for hydroxylation is 3. The molecule has 0 N–H and O–H groups in total. The van der Waals surface area contributed by atoms with Crippen molar-refractivity contribution in [1.82, 2.24) is 14.7 Å². The first kappa shape index (κ1) is 19.2. The van der Waals surface area contributed by atoms with Crippen molar-refractivity contribution in [2.24, 2.45) is 0 Å². The van der Waals surface area contributed by atoms with Crippen molar-refractivity contribution in [2.75, 3.05) is 31.1 Å². The molecule has 29 heavy (non-hydrogen) atoms. The highest BCUT2D eigenvalue weighted by Gasteiger charge is 2.26. The van der Waals surface area contributed by atoms with Gasteiger partial charge in [-0.1, -0.05) is 23.8 Å². The van der Waals surface area contributed by atoms with Gasteiger partial charge in [0.1, 0.15) is 11.5 Å². The Labute approximate surface area is 170 Å². The summed E-state index contributed by atoms with van der Waals surface area (Å²) in [4.78, 5) is 17.4. The lowest BCUT2D eigenvalue weighted by molar-refractivity contribution is 0.0737. The largest absolute Gasteiger partial charge is 0.368 e. The number of rotatable bonds is 3. The zero-order chi connectivity index (χ0) is 20.5. The first-order valence-corrected chi connectivity index (χ1v) is 9.86. The number of nitrogens with zero attached hydrogens (tertiary/aromatic N) is 4. The van der Waals surface area contributed by atoms with E-state index < -0.39 is 0 Å². The molecule has 2 aromatic carbocycles. The Hall–Kier alpha value is -3.15. The molecule has 1 amide bonds. The van der Waals surface area contributed by atoms with Crippen LogP contribution < -0.4 is 4.90 Å². The van der Waals surface area contributed by atoms with Crippen molar-refractivity contribution in [3.8, 4) is 5.69 Å². The number of hydrogen-bond acceptors (Lipinski definition) is 3. The lowest BCUT2D eigenvalue weighted by Gasteiger charge is -2.36. The molecule has 1 fully saturated rings. The number of hydrogen-bond donors (Lipinski definition) is 0. The van der Waals surface area contributed by atoms with E-state index in [9.17, 15) is 9.18 Å². The molecule has 1 aliphatic heterocycles. The summed E-state index contributed by atoms with van der Waals surface area (Å²) >= 11 is 0. The van der Waals surface area contributed by atoms with E-state index in [2.05, 4.69) is 42.0 Å². The summed E-state index contributed by atoms with van der Waals surface area (Å²) in [6, 6.07) is 14.4. The Bertz CT molecular complexity index is 1050. The molecule has 1 aromatic heterocycles. The smallest absolute Gasteiger partial charge is 0.272 e. The van der Waals surface area contributed by atoms with E-state index in [1.165, 1.54) is 33.6 Å². The Morgan fingerprint density at radius 3 is 2.41 bits per heavy atom. The minimum atomic E-state index is -0.351. The van der Waals surface area contributed by atoms with Crippen LogP contribution in [0.2, 0.25) is 0 Å². The minimum Gasteiger partial charge on any atom is -0.368 e. The molecule has 2 heterocycles. The third-order valence-electron chi connectivity index (χ3n) is 5.36. The third-order valence-corrected chi connectivity index (χ3v) is 5.36. The van der Waals surface area contributed by atoms with Gasteiger partial charge in [0.15, 0.2) is 0 Å². The molecule has 0 atom stereocenters. The Morgan fingerprint density at radius 1 is 0.966 bits per heavy atom. The van der Waals surface area contributed by atoms with Crippen LogP contribution in [0.25, 0.3) is 5.69 Å². The van der Waals surface area contributed by atoms with Crippen LogP contribution in [0.5, 0.6) is 0 Å². The van der Waals surface area contributed by atoms with Crippen LogP contribution in [0.3, 0.4) is 0 Å². The maximum atomic E-state index is 13.7. The number of carbonyl (C=O) groups excluding carboxylic acids is 1. The first-order valence-electron chi connectivity index (χ1n) is 9.86. The summed E-state index contributed by atoms with van der Waals surface area (Å²) in [6.45, 7) is 8.90. The van der Waals surface area contributed by atoms with E-state index >= 15 is 0 Å². The standard InChI is InChI=1S/C23H25FN4O/c1-16-7-8-21(17(2)13-16)26-9-11-27(12-10-26)23(29)22-14-18(3)25-28(22)20-6-4-5-19(24)15-20/h4-8,13-15H,9-12H2,1-3H3. The van der Waals surface area contributed by atoms with Gasteiger partial charge in [-0.05, 0) is 56.7 Å². The molecule has 1 saturated heterocycles. The second kappa shape index (κ2) is 7.70. The average Bonchev–Trinajstić information content (AvgIpc) is 3.09. The fraction of sp³-hybridized carbons (Fsp3) is 0.304. The third kappa shape index (κ3) is 3.88. The Kier molecular flexibility index (Phi) is 5.09. The van der Waals surface area contributed by atoms with E-state index in [4.69, 9.17) is 0 Å². The van der Waals surface area contributed by atoms with Crippen molar-refractivity contribution < 1.29 is 9.18 Å². The summed E-state index contributed by atoms with van der Waals surface area (Å²) in [7, 11) is 0. The SMILES string of the molecule is Cc1ccc(N2CCN(C(=O)c3cc(C)nn3-c3cccc(F)c3)CC2)c(C)c1. The first-order chi connectivity index (χ1) is 13.9. The molecule has 150 valence electrons. The van der Waals surface area contributed by atoms with Crippen LogP contribution in [-0.4, -0.2) is 46.8 Å². The number of halogens is 1. The van der Waals surface area contributed by atoms with Crippen molar-refractivity contribution in [3.05, 3.63) is 76.9 Å². The van der Waals surface area contributed by atoms with Gasteiger partial charge in [0.2, 0.25) is 0 Å². The van der Waals surface area contributed by atoms with Crippen LogP contribution in [0.1, 0.15) is 27.3 Å². The molecule has 0 saturated carbocycles. The average molecular weight is 392 g/mol. The summed E-state index contributed by atoms with van der Waals surface area (Å²) in [5.41, 5.74) is 5.48. The quantitative estimate of drug-likeness (QED) is 0.679. The molecule has 0 bridgehead atoms. The molecule has 0 aliphatic carbocycles. The lowest BCUT2D eigenvalue weighted by Crippen LogP contribution is -2.49. The monoisotopic (exact) mass is 392 g/mol. The Morgan fingerprint density at radius 2 is 1.72 bits per heavy atom. The summed E-state index contributed by atoms with van der Waals surface area (Å²) in [5, 5.41) is 4.41. The number of aromatic nitrogens is 2. The summed E-state index contributed by atoms with van der Waals surface area (Å²) in [6.07, 6.45) is 0. The normalized spacial score (nSPS) is 14.3. The molecular formula is C23H25FN4O. The van der Waals surface area contributed by atoms with Crippen molar-refractivity contribution >= 4 is 11.6 Å². The molecule has 5 nitrogen and oxygen atoms in total. The molecular weight excluding hydrogens is 367 g/mol. The highest BCUT2D eigenvalue weighted by Crippen LogP contribution is 2.23. The second-order valence-electron chi connectivity index (χ2n) is 7.63. The molecule has 0 spiro atoms. The number of benzene rings is 2. The lowest BCUT2D eigenvalue weighted by atomic mass is 10.1.